The second kappa shape index (κ2) is 7.81. The fourth-order valence-corrected chi connectivity index (χ4v) is 2.53. The molecule has 27 heavy (non-hydrogen) atoms. The molecular weight excluding hydrogens is 350 g/mol. The van der Waals surface area contributed by atoms with Gasteiger partial charge in [-0.2, -0.15) is 4.98 Å². The van der Waals surface area contributed by atoms with E-state index in [-0.39, 0.29) is 18.9 Å². The minimum absolute atomic E-state index is 0.0646. The van der Waals surface area contributed by atoms with Gasteiger partial charge in [0.15, 0.2) is 0 Å². The molecule has 0 saturated heterocycles. The van der Waals surface area contributed by atoms with Crippen molar-refractivity contribution < 1.29 is 9.32 Å². The molecule has 0 radical (unpaired) electrons. The van der Waals surface area contributed by atoms with Crippen LogP contribution in [0.1, 0.15) is 30.8 Å². The lowest BCUT2D eigenvalue weighted by atomic mass is 10.1. The van der Waals surface area contributed by atoms with Crippen LogP contribution in [-0.2, 0) is 11.3 Å². The first-order valence-corrected chi connectivity index (χ1v) is 8.42. The maximum Gasteiger partial charge on any atom is 0.328 e. The van der Waals surface area contributed by atoms with Crippen molar-refractivity contribution >= 4 is 5.91 Å². The molecule has 2 aromatic heterocycles. The first kappa shape index (κ1) is 18.3. The molecule has 0 aliphatic rings. The Labute approximate surface area is 154 Å². The van der Waals surface area contributed by atoms with Crippen molar-refractivity contribution in [2.45, 2.75) is 32.9 Å². The molecule has 2 heterocycles. The van der Waals surface area contributed by atoms with E-state index in [9.17, 15) is 14.4 Å². The van der Waals surface area contributed by atoms with Crippen molar-refractivity contribution in [1.82, 2.24) is 25.0 Å². The number of aromatic nitrogens is 4. The van der Waals surface area contributed by atoms with Crippen LogP contribution in [0, 0.1) is 6.92 Å². The van der Waals surface area contributed by atoms with Crippen LogP contribution in [0.5, 0.6) is 0 Å². The molecule has 0 spiro atoms. The Hall–Kier alpha value is -3.49. The summed E-state index contributed by atoms with van der Waals surface area (Å²) in [7, 11) is 0. The summed E-state index contributed by atoms with van der Waals surface area (Å²) in [6.07, 6.45) is 1.42. The van der Waals surface area contributed by atoms with Crippen molar-refractivity contribution in [1.29, 1.82) is 0 Å². The molecule has 0 aliphatic heterocycles. The molecule has 0 saturated carbocycles. The molecule has 3 aromatic rings. The minimum atomic E-state index is -0.553. The zero-order chi connectivity index (χ0) is 19.4. The number of H-pyrrole nitrogens is 1. The minimum Gasteiger partial charge on any atom is -0.345 e. The van der Waals surface area contributed by atoms with Gasteiger partial charge in [0.25, 0.3) is 5.56 Å². The highest BCUT2D eigenvalue weighted by molar-refractivity contribution is 5.76. The number of hydrogen-bond donors (Lipinski definition) is 2. The summed E-state index contributed by atoms with van der Waals surface area (Å²) in [6.45, 7) is 3.85. The Morgan fingerprint density at radius 3 is 2.89 bits per heavy atom. The Morgan fingerprint density at radius 1 is 1.33 bits per heavy atom. The van der Waals surface area contributed by atoms with E-state index < -0.39 is 17.3 Å². The van der Waals surface area contributed by atoms with Gasteiger partial charge in [0, 0.05) is 30.8 Å². The second-order valence-electron chi connectivity index (χ2n) is 6.17. The molecular formula is C18H19N5O4. The number of nitrogens with zero attached hydrogens (tertiary/aromatic N) is 3. The SMILES string of the molecule is Cc1cccc(-c2noc([C@H](C)NC(=O)CCn3ccc(=O)[nH]c3=O)n2)c1. The highest BCUT2D eigenvalue weighted by atomic mass is 16.5. The van der Waals surface area contributed by atoms with E-state index in [1.54, 1.807) is 6.92 Å². The quantitative estimate of drug-likeness (QED) is 0.672. The fraction of sp³-hybridized carbons (Fsp3) is 0.278. The molecule has 0 bridgehead atoms. The predicted molar refractivity (Wildman–Crippen MR) is 97.0 cm³/mol. The lowest BCUT2D eigenvalue weighted by Gasteiger charge is -2.10. The number of carbonyl (C=O) groups excluding carboxylic acids is 1. The number of amides is 1. The zero-order valence-corrected chi connectivity index (χ0v) is 14.9. The zero-order valence-electron chi connectivity index (χ0n) is 14.9. The Morgan fingerprint density at radius 2 is 2.15 bits per heavy atom. The normalized spacial score (nSPS) is 11.9. The summed E-state index contributed by atoms with van der Waals surface area (Å²) in [4.78, 5) is 41.2. The summed E-state index contributed by atoms with van der Waals surface area (Å²) in [5, 5.41) is 6.70. The van der Waals surface area contributed by atoms with E-state index in [1.165, 1.54) is 16.8 Å². The van der Waals surface area contributed by atoms with Gasteiger partial charge in [-0.15, -0.1) is 0 Å². The van der Waals surface area contributed by atoms with Crippen molar-refractivity contribution in [3.63, 3.8) is 0 Å². The topological polar surface area (TPSA) is 123 Å². The van der Waals surface area contributed by atoms with E-state index in [0.29, 0.717) is 11.7 Å². The Bertz CT molecular complexity index is 1070. The molecule has 0 aliphatic carbocycles. The molecule has 2 N–H and O–H groups in total. The molecule has 1 amide bonds. The van der Waals surface area contributed by atoms with Gasteiger partial charge in [-0.25, -0.2) is 4.79 Å². The standard InChI is InChI=1S/C18H19N5O4/c1-11-4-3-5-13(10-11)16-21-17(27-22-16)12(2)19-14(24)6-8-23-9-7-15(25)20-18(23)26/h3-5,7,9-10,12H,6,8H2,1-2H3,(H,19,24)(H,20,25,26)/t12-/m0/s1. The van der Waals surface area contributed by atoms with Crippen LogP contribution in [0.4, 0.5) is 0 Å². The van der Waals surface area contributed by atoms with Gasteiger partial charge < -0.3 is 14.4 Å². The van der Waals surface area contributed by atoms with Crippen LogP contribution >= 0.6 is 0 Å². The fourth-order valence-electron chi connectivity index (χ4n) is 2.53. The van der Waals surface area contributed by atoms with E-state index in [2.05, 4.69) is 20.4 Å². The predicted octanol–water partition coefficient (Wildman–Crippen LogP) is 1.16. The number of hydrogen-bond acceptors (Lipinski definition) is 6. The maximum absolute atomic E-state index is 12.1. The van der Waals surface area contributed by atoms with Crippen molar-refractivity contribution in [2.75, 3.05) is 0 Å². The Balaban J connectivity index is 1.60. The first-order chi connectivity index (χ1) is 12.9. The first-order valence-electron chi connectivity index (χ1n) is 8.42. The van der Waals surface area contributed by atoms with Crippen LogP contribution in [0.15, 0.2) is 50.6 Å². The van der Waals surface area contributed by atoms with Gasteiger partial charge in [0.2, 0.25) is 17.6 Å². The summed E-state index contributed by atoms with van der Waals surface area (Å²) < 4.78 is 6.50. The summed E-state index contributed by atoms with van der Waals surface area (Å²) in [5.74, 6) is 0.464. The molecule has 1 atom stereocenters. The van der Waals surface area contributed by atoms with Crippen molar-refractivity contribution in [3.05, 3.63) is 68.8 Å². The smallest absolute Gasteiger partial charge is 0.328 e. The van der Waals surface area contributed by atoms with E-state index in [0.717, 1.165) is 11.1 Å². The summed E-state index contributed by atoms with van der Waals surface area (Å²) >= 11 is 0. The van der Waals surface area contributed by atoms with Crippen LogP contribution in [0.25, 0.3) is 11.4 Å². The van der Waals surface area contributed by atoms with Gasteiger partial charge in [0.1, 0.15) is 6.04 Å². The average molecular weight is 369 g/mol. The van der Waals surface area contributed by atoms with Crippen LogP contribution in [0.3, 0.4) is 0 Å². The molecule has 9 heteroatoms. The molecule has 9 nitrogen and oxygen atoms in total. The van der Waals surface area contributed by atoms with Crippen molar-refractivity contribution in [2.24, 2.45) is 0 Å². The third kappa shape index (κ3) is 4.57. The lowest BCUT2D eigenvalue weighted by Crippen LogP contribution is -2.32. The van der Waals surface area contributed by atoms with E-state index in [4.69, 9.17) is 4.52 Å². The van der Waals surface area contributed by atoms with Gasteiger partial charge in [-0.1, -0.05) is 28.9 Å². The number of aromatic amines is 1. The van der Waals surface area contributed by atoms with Crippen LogP contribution < -0.4 is 16.6 Å². The van der Waals surface area contributed by atoms with Crippen LogP contribution in [0.2, 0.25) is 0 Å². The van der Waals surface area contributed by atoms with Gasteiger partial charge in [-0.05, 0) is 19.9 Å². The van der Waals surface area contributed by atoms with Gasteiger partial charge in [-0.3, -0.25) is 14.6 Å². The van der Waals surface area contributed by atoms with Gasteiger partial charge >= 0.3 is 5.69 Å². The lowest BCUT2D eigenvalue weighted by molar-refractivity contribution is -0.122. The van der Waals surface area contributed by atoms with Crippen LogP contribution in [-0.4, -0.2) is 25.6 Å². The second-order valence-corrected chi connectivity index (χ2v) is 6.17. The number of aryl methyl sites for hydroxylation is 2. The highest BCUT2D eigenvalue weighted by Gasteiger charge is 2.17. The monoisotopic (exact) mass is 369 g/mol. The van der Waals surface area contributed by atoms with E-state index in [1.807, 2.05) is 31.2 Å². The molecule has 0 fully saturated rings. The largest absolute Gasteiger partial charge is 0.345 e. The molecule has 1 aromatic carbocycles. The third-order valence-electron chi connectivity index (χ3n) is 3.94. The molecule has 0 unspecified atom stereocenters. The number of rotatable bonds is 6. The highest BCUT2D eigenvalue weighted by Crippen LogP contribution is 2.19. The van der Waals surface area contributed by atoms with Crippen molar-refractivity contribution in [3.8, 4) is 11.4 Å². The van der Waals surface area contributed by atoms with E-state index >= 15 is 0 Å². The third-order valence-corrected chi connectivity index (χ3v) is 3.94. The number of nitrogens with one attached hydrogen (secondary N) is 2. The summed E-state index contributed by atoms with van der Waals surface area (Å²) in [6, 6.07) is 8.46. The average Bonchev–Trinajstić information content (AvgIpc) is 3.11. The summed E-state index contributed by atoms with van der Waals surface area (Å²) in [5.41, 5.74) is 0.886. The molecule has 140 valence electrons. The van der Waals surface area contributed by atoms with Gasteiger partial charge in [0.05, 0.1) is 0 Å². The number of benzene rings is 1. The maximum atomic E-state index is 12.1. The molecule has 3 rings (SSSR count). The number of carbonyl (C=O) groups is 1. The Kier molecular flexibility index (Phi) is 5.30.